The summed E-state index contributed by atoms with van der Waals surface area (Å²) in [7, 11) is -2.03. The van der Waals surface area contributed by atoms with Gasteiger partial charge in [-0.3, -0.25) is 4.72 Å². The Morgan fingerprint density at radius 3 is 2.37 bits per heavy atom. The van der Waals surface area contributed by atoms with Crippen molar-refractivity contribution in [2.75, 3.05) is 11.8 Å². The number of rotatable bonds is 4. The number of methoxy groups -OCH3 is 1. The number of nitrogens with one attached hydrogen (secondary N) is 1. The number of hydrogen-bond acceptors (Lipinski definition) is 3. The molecule has 0 aromatic heterocycles. The van der Waals surface area contributed by atoms with E-state index in [1.807, 2.05) is 6.92 Å². The maximum absolute atomic E-state index is 12.2. The van der Waals surface area contributed by atoms with E-state index < -0.39 is 10.0 Å². The van der Waals surface area contributed by atoms with Crippen molar-refractivity contribution in [1.29, 1.82) is 0 Å². The third-order valence-electron chi connectivity index (χ3n) is 2.65. The first-order valence-electron chi connectivity index (χ1n) is 5.75. The second kappa shape index (κ2) is 5.32. The van der Waals surface area contributed by atoms with Crippen molar-refractivity contribution in [1.82, 2.24) is 0 Å². The summed E-state index contributed by atoms with van der Waals surface area (Å²) < 4.78 is 31.9. The molecule has 0 saturated carbocycles. The van der Waals surface area contributed by atoms with Gasteiger partial charge < -0.3 is 4.74 Å². The molecule has 100 valence electrons. The fourth-order valence-electron chi connectivity index (χ4n) is 1.62. The van der Waals surface area contributed by atoms with Crippen molar-refractivity contribution in [3.8, 4) is 5.75 Å². The number of benzene rings is 2. The highest BCUT2D eigenvalue weighted by Gasteiger charge is 2.13. The van der Waals surface area contributed by atoms with Crippen LogP contribution >= 0.6 is 0 Å². The zero-order valence-corrected chi connectivity index (χ0v) is 11.6. The summed E-state index contributed by atoms with van der Waals surface area (Å²) in [6.07, 6.45) is 0. The van der Waals surface area contributed by atoms with Gasteiger partial charge in [0.1, 0.15) is 5.75 Å². The summed E-state index contributed by atoms with van der Waals surface area (Å²) in [5.74, 6) is 0.601. The second-order valence-electron chi connectivity index (χ2n) is 4.15. The molecule has 19 heavy (non-hydrogen) atoms. The smallest absolute Gasteiger partial charge is 0.261 e. The normalized spacial score (nSPS) is 11.1. The van der Waals surface area contributed by atoms with E-state index in [9.17, 15) is 8.42 Å². The largest absolute Gasteiger partial charge is 0.497 e. The van der Waals surface area contributed by atoms with Crippen molar-refractivity contribution in [3.05, 3.63) is 54.1 Å². The molecular formula is C14H15NO3S. The SMILES string of the molecule is COc1cccc(NS(=O)(=O)c2ccc(C)cc2)c1. The molecule has 1 N–H and O–H groups in total. The first-order valence-corrected chi connectivity index (χ1v) is 7.23. The molecule has 4 nitrogen and oxygen atoms in total. The summed E-state index contributed by atoms with van der Waals surface area (Å²) in [6.45, 7) is 1.91. The molecule has 2 aromatic rings. The quantitative estimate of drug-likeness (QED) is 0.935. The van der Waals surface area contributed by atoms with Crippen molar-refractivity contribution >= 4 is 15.7 Å². The van der Waals surface area contributed by atoms with Gasteiger partial charge in [-0.15, -0.1) is 0 Å². The van der Waals surface area contributed by atoms with Crippen LogP contribution in [0.4, 0.5) is 5.69 Å². The Labute approximate surface area is 113 Å². The highest BCUT2D eigenvalue weighted by atomic mass is 32.2. The molecule has 0 aliphatic carbocycles. The van der Waals surface area contributed by atoms with Gasteiger partial charge in [-0.2, -0.15) is 0 Å². The van der Waals surface area contributed by atoms with Gasteiger partial charge in [-0.25, -0.2) is 8.42 Å². The number of ether oxygens (including phenoxy) is 1. The lowest BCUT2D eigenvalue weighted by Crippen LogP contribution is -2.12. The molecule has 2 aromatic carbocycles. The Kier molecular flexibility index (Phi) is 3.76. The van der Waals surface area contributed by atoms with Crippen LogP contribution in [0.5, 0.6) is 5.75 Å². The maximum Gasteiger partial charge on any atom is 0.261 e. The first kappa shape index (κ1) is 13.4. The van der Waals surface area contributed by atoms with E-state index in [0.717, 1.165) is 5.56 Å². The standard InChI is InChI=1S/C14H15NO3S/c1-11-6-8-14(9-7-11)19(16,17)15-12-4-3-5-13(10-12)18-2/h3-10,15H,1-2H3. The monoisotopic (exact) mass is 277 g/mol. The summed E-state index contributed by atoms with van der Waals surface area (Å²) in [5, 5.41) is 0. The molecule has 0 aliphatic rings. The number of anilines is 1. The summed E-state index contributed by atoms with van der Waals surface area (Å²) in [4.78, 5) is 0.237. The van der Waals surface area contributed by atoms with Gasteiger partial charge in [0.25, 0.3) is 10.0 Å². The molecule has 0 radical (unpaired) electrons. The Morgan fingerprint density at radius 2 is 1.74 bits per heavy atom. The van der Waals surface area contributed by atoms with Gasteiger partial charge in [-0.05, 0) is 31.2 Å². The fourth-order valence-corrected chi connectivity index (χ4v) is 2.67. The molecule has 0 spiro atoms. The van der Waals surface area contributed by atoms with Gasteiger partial charge in [0, 0.05) is 6.07 Å². The Bertz CT molecular complexity index is 663. The van der Waals surface area contributed by atoms with E-state index in [1.54, 1.807) is 48.5 Å². The lowest BCUT2D eigenvalue weighted by molar-refractivity contribution is 0.415. The van der Waals surface area contributed by atoms with Crippen molar-refractivity contribution < 1.29 is 13.2 Å². The third kappa shape index (κ3) is 3.26. The van der Waals surface area contributed by atoms with Crippen LogP contribution in [-0.4, -0.2) is 15.5 Å². The predicted octanol–water partition coefficient (Wildman–Crippen LogP) is 2.80. The van der Waals surface area contributed by atoms with Crippen LogP contribution in [0, 0.1) is 6.92 Å². The molecule has 0 heterocycles. The van der Waals surface area contributed by atoms with E-state index in [0.29, 0.717) is 11.4 Å². The highest BCUT2D eigenvalue weighted by Crippen LogP contribution is 2.20. The number of hydrogen-bond donors (Lipinski definition) is 1. The Balaban J connectivity index is 2.28. The molecule has 0 bridgehead atoms. The average Bonchev–Trinajstić information content (AvgIpc) is 2.39. The van der Waals surface area contributed by atoms with Gasteiger partial charge in [-0.1, -0.05) is 23.8 Å². The zero-order valence-electron chi connectivity index (χ0n) is 10.8. The Hall–Kier alpha value is -2.01. The van der Waals surface area contributed by atoms with Crippen molar-refractivity contribution in [3.63, 3.8) is 0 Å². The Morgan fingerprint density at radius 1 is 1.05 bits per heavy atom. The van der Waals surface area contributed by atoms with Gasteiger partial charge in [0.15, 0.2) is 0 Å². The molecule has 0 fully saturated rings. The van der Waals surface area contributed by atoms with E-state index in [4.69, 9.17) is 4.74 Å². The lowest BCUT2D eigenvalue weighted by Gasteiger charge is -2.09. The van der Waals surface area contributed by atoms with E-state index in [2.05, 4.69) is 4.72 Å². The molecule has 0 saturated heterocycles. The minimum atomic E-state index is -3.56. The minimum Gasteiger partial charge on any atom is -0.497 e. The number of aryl methyl sites for hydroxylation is 1. The second-order valence-corrected chi connectivity index (χ2v) is 5.83. The van der Waals surface area contributed by atoms with Crippen LogP contribution in [0.1, 0.15) is 5.56 Å². The minimum absolute atomic E-state index is 0.237. The molecule has 5 heteroatoms. The molecule has 0 atom stereocenters. The molecular weight excluding hydrogens is 262 g/mol. The van der Waals surface area contributed by atoms with Gasteiger partial charge in [0.2, 0.25) is 0 Å². The summed E-state index contributed by atoms with van der Waals surface area (Å²) in [5.41, 5.74) is 1.49. The van der Waals surface area contributed by atoms with Crippen LogP contribution in [0.25, 0.3) is 0 Å². The van der Waals surface area contributed by atoms with Crippen molar-refractivity contribution in [2.24, 2.45) is 0 Å². The van der Waals surface area contributed by atoms with E-state index in [-0.39, 0.29) is 4.90 Å². The predicted molar refractivity (Wildman–Crippen MR) is 75.0 cm³/mol. The highest BCUT2D eigenvalue weighted by molar-refractivity contribution is 7.92. The van der Waals surface area contributed by atoms with E-state index in [1.165, 1.54) is 7.11 Å². The molecule has 0 amide bonds. The maximum atomic E-state index is 12.2. The topological polar surface area (TPSA) is 55.4 Å². The third-order valence-corrected chi connectivity index (χ3v) is 4.05. The summed E-state index contributed by atoms with van der Waals surface area (Å²) >= 11 is 0. The molecule has 0 unspecified atom stereocenters. The van der Waals surface area contributed by atoms with Crippen LogP contribution in [0.15, 0.2) is 53.4 Å². The molecule has 2 rings (SSSR count). The fraction of sp³-hybridized carbons (Fsp3) is 0.143. The van der Waals surface area contributed by atoms with Crippen LogP contribution in [0.2, 0.25) is 0 Å². The average molecular weight is 277 g/mol. The number of sulfonamides is 1. The van der Waals surface area contributed by atoms with Gasteiger partial charge >= 0.3 is 0 Å². The van der Waals surface area contributed by atoms with Crippen LogP contribution < -0.4 is 9.46 Å². The van der Waals surface area contributed by atoms with Gasteiger partial charge in [0.05, 0.1) is 17.7 Å². The summed E-state index contributed by atoms with van der Waals surface area (Å²) in [6, 6.07) is 13.5. The molecule has 0 aliphatic heterocycles. The lowest BCUT2D eigenvalue weighted by atomic mass is 10.2. The first-order chi connectivity index (χ1) is 9.01. The zero-order chi connectivity index (χ0) is 13.9. The van der Waals surface area contributed by atoms with Crippen molar-refractivity contribution in [2.45, 2.75) is 11.8 Å². The van der Waals surface area contributed by atoms with Crippen LogP contribution in [0.3, 0.4) is 0 Å². The van der Waals surface area contributed by atoms with Crippen LogP contribution in [-0.2, 0) is 10.0 Å². The van der Waals surface area contributed by atoms with E-state index >= 15 is 0 Å².